The number of rotatable bonds is 7. The number of likely N-dealkylation sites (N-methyl/N-ethyl adjacent to an activating group) is 1. The van der Waals surface area contributed by atoms with Crippen molar-refractivity contribution in [3.8, 4) is 5.75 Å². The maximum Gasteiger partial charge on any atom is 0.233 e. The summed E-state index contributed by atoms with van der Waals surface area (Å²) in [7, 11) is 1.75. The molecule has 0 spiro atoms. The fraction of sp³-hybridized carbons (Fsp3) is 0.333. The number of nitrogens with zero attached hydrogens (tertiary/aromatic N) is 1. The van der Waals surface area contributed by atoms with Gasteiger partial charge in [0.05, 0.1) is 13.2 Å². The molecular weight excluding hydrogens is 290 g/mol. The first-order valence-electron chi connectivity index (χ1n) is 6.69. The number of hydrogen-bond acceptors (Lipinski definition) is 4. The van der Waals surface area contributed by atoms with Crippen LogP contribution in [-0.4, -0.2) is 37.6 Å². The number of amides is 1. The molecule has 0 saturated carbocycles. The van der Waals surface area contributed by atoms with Crippen LogP contribution in [0.5, 0.6) is 5.75 Å². The van der Waals surface area contributed by atoms with Crippen molar-refractivity contribution < 1.29 is 9.53 Å². The first-order chi connectivity index (χ1) is 9.81. The summed E-state index contributed by atoms with van der Waals surface area (Å²) in [5, 5.41) is 6.68. The summed E-state index contributed by atoms with van der Waals surface area (Å²) in [5.41, 5.74) is 0.870. The van der Waals surface area contributed by atoms with Crippen molar-refractivity contribution in [2.75, 3.05) is 26.7 Å². The fourth-order valence-corrected chi connectivity index (χ4v) is 1.90. The second kappa shape index (κ2) is 9.15. The number of halogens is 1. The van der Waals surface area contributed by atoms with Gasteiger partial charge in [0.1, 0.15) is 11.3 Å². The first kappa shape index (κ1) is 17.2. The molecule has 2 N–H and O–H groups in total. The second-order valence-corrected chi connectivity index (χ2v) is 4.41. The van der Waals surface area contributed by atoms with Crippen LogP contribution < -0.4 is 15.4 Å². The number of carbonyl (C=O) groups excluding carboxylic acids is 1. The normalized spacial score (nSPS) is 9.95. The Kier molecular flexibility index (Phi) is 7.50. The molecule has 21 heavy (non-hydrogen) atoms. The highest BCUT2D eigenvalue weighted by Gasteiger charge is 2.02. The lowest BCUT2D eigenvalue weighted by atomic mass is 10.2. The molecule has 1 amide bonds. The second-order valence-electron chi connectivity index (χ2n) is 4.41. The largest absolute Gasteiger partial charge is 0.491 e. The Bertz CT molecular complexity index is 572. The number of nitrogens with one attached hydrogen (secondary N) is 2. The molecule has 1 heterocycles. The van der Waals surface area contributed by atoms with Crippen LogP contribution >= 0.6 is 12.4 Å². The standard InChI is InChI=1S/C15H19N3O2.ClH/c1-16-11-14(19)17-9-4-10-20-13-7-2-5-12-6-3-8-18-15(12)13;/h2-3,5-8,16H,4,9-11H2,1H3,(H,17,19);1H. The van der Waals surface area contributed by atoms with E-state index >= 15 is 0 Å². The molecule has 2 rings (SSSR count). The molecule has 1 aromatic carbocycles. The van der Waals surface area contributed by atoms with Crippen molar-refractivity contribution in [3.05, 3.63) is 36.5 Å². The zero-order chi connectivity index (χ0) is 14.2. The number of aromatic nitrogens is 1. The summed E-state index contributed by atoms with van der Waals surface area (Å²) in [6, 6.07) is 9.78. The monoisotopic (exact) mass is 309 g/mol. The minimum Gasteiger partial charge on any atom is -0.491 e. The summed E-state index contributed by atoms with van der Waals surface area (Å²) in [6.07, 6.45) is 2.52. The fourth-order valence-electron chi connectivity index (χ4n) is 1.90. The molecular formula is C15H20ClN3O2. The van der Waals surface area contributed by atoms with E-state index in [9.17, 15) is 4.79 Å². The Morgan fingerprint density at radius 2 is 2.10 bits per heavy atom. The molecule has 1 aromatic heterocycles. The van der Waals surface area contributed by atoms with Crippen molar-refractivity contribution in [3.63, 3.8) is 0 Å². The van der Waals surface area contributed by atoms with Crippen molar-refractivity contribution in [2.45, 2.75) is 6.42 Å². The lowest BCUT2D eigenvalue weighted by Gasteiger charge is -2.09. The van der Waals surface area contributed by atoms with Gasteiger partial charge in [0, 0.05) is 18.1 Å². The van der Waals surface area contributed by atoms with E-state index in [1.165, 1.54) is 0 Å². The lowest BCUT2D eigenvalue weighted by Crippen LogP contribution is -2.33. The van der Waals surface area contributed by atoms with Gasteiger partial charge in [-0.05, 0) is 25.6 Å². The maximum atomic E-state index is 11.2. The Morgan fingerprint density at radius 3 is 2.90 bits per heavy atom. The highest BCUT2D eigenvalue weighted by atomic mass is 35.5. The quantitative estimate of drug-likeness (QED) is 0.765. The van der Waals surface area contributed by atoms with Gasteiger partial charge in [-0.15, -0.1) is 12.4 Å². The van der Waals surface area contributed by atoms with Gasteiger partial charge in [-0.3, -0.25) is 9.78 Å². The average Bonchev–Trinajstić information content (AvgIpc) is 2.47. The molecule has 5 nitrogen and oxygen atoms in total. The summed E-state index contributed by atoms with van der Waals surface area (Å²) in [5.74, 6) is 0.781. The summed E-state index contributed by atoms with van der Waals surface area (Å²) in [4.78, 5) is 15.6. The van der Waals surface area contributed by atoms with Crippen LogP contribution in [0, 0.1) is 0 Å². The third kappa shape index (κ3) is 5.21. The number of ether oxygens (including phenoxy) is 1. The average molecular weight is 310 g/mol. The predicted octanol–water partition coefficient (Wildman–Crippen LogP) is 1.76. The number of fused-ring (bicyclic) bond motifs is 1. The minimum absolute atomic E-state index is 0. The summed E-state index contributed by atoms with van der Waals surface area (Å²) in [6.45, 7) is 1.50. The van der Waals surface area contributed by atoms with Crippen LogP contribution in [0.2, 0.25) is 0 Å². The van der Waals surface area contributed by atoms with Gasteiger partial charge in [-0.2, -0.15) is 0 Å². The van der Waals surface area contributed by atoms with Crippen molar-refractivity contribution in [1.82, 2.24) is 15.6 Å². The van der Waals surface area contributed by atoms with E-state index in [1.807, 2.05) is 30.3 Å². The number of para-hydroxylation sites is 1. The SMILES string of the molecule is CNCC(=O)NCCCOc1cccc2cccnc12.Cl. The van der Waals surface area contributed by atoms with Crippen LogP contribution in [0.4, 0.5) is 0 Å². The predicted molar refractivity (Wildman–Crippen MR) is 86.0 cm³/mol. The van der Waals surface area contributed by atoms with Crippen molar-refractivity contribution >= 4 is 29.2 Å². The lowest BCUT2D eigenvalue weighted by molar-refractivity contribution is -0.120. The zero-order valence-corrected chi connectivity index (χ0v) is 12.8. The molecule has 114 valence electrons. The molecule has 0 unspecified atom stereocenters. The molecule has 0 aliphatic carbocycles. The Balaban J connectivity index is 0.00000220. The molecule has 0 aliphatic rings. The molecule has 0 radical (unpaired) electrons. The highest BCUT2D eigenvalue weighted by molar-refractivity contribution is 5.85. The van der Waals surface area contributed by atoms with Gasteiger partial charge < -0.3 is 15.4 Å². The van der Waals surface area contributed by atoms with E-state index < -0.39 is 0 Å². The molecule has 0 aliphatic heterocycles. The number of pyridine rings is 1. The molecule has 0 atom stereocenters. The third-order valence-electron chi connectivity index (χ3n) is 2.83. The number of benzene rings is 1. The third-order valence-corrected chi connectivity index (χ3v) is 2.83. The summed E-state index contributed by atoms with van der Waals surface area (Å²) < 4.78 is 5.73. The van der Waals surface area contributed by atoms with Crippen LogP contribution in [0.3, 0.4) is 0 Å². The van der Waals surface area contributed by atoms with E-state index in [4.69, 9.17) is 4.74 Å². The van der Waals surface area contributed by atoms with Gasteiger partial charge in [0.2, 0.25) is 5.91 Å². The number of hydrogen-bond donors (Lipinski definition) is 2. The van der Waals surface area contributed by atoms with Gasteiger partial charge in [-0.1, -0.05) is 18.2 Å². The number of carbonyl (C=O) groups is 1. The Morgan fingerprint density at radius 1 is 1.29 bits per heavy atom. The van der Waals surface area contributed by atoms with E-state index in [1.54, 1.807) is 13.2 Å². The molecule has 0 bridgehead atoms. The van der Waals surface area contributed by atoms with E-state index in [-0.39, 0.29) is 18.3 Å². The highest BCUT2D eigenvalue weighted by Crippen LogP contribution is 2.22. The van der Waals surface area contributed by atoms with E-state index in [0.29, 0.717) is 19.7 Å². The van der Waals surface area contributed by atoms with Gasteiger partial charge >= 0.3 is 0 Å². The van der Waals surface area contributed by atoms with Gasteiger partial charge in [0.25, 0.3) is 0 Å². The molecule has 6 heteroatoms. The molecule has 0 saturated heterocycles. The first-order valence-corrected chi connectivity index (χ1v) is 6.69. The van der Waals surface area contributed by atoms with Crippen molar-refractivity contribution in [1.29, 1.82) is 0 Å². The smallest absolute Gasteiger partial charge is 0.233 e. The maximum absolute atomic E-state index is 11.2. The van der Waals surface area contributed by atoms with E-state index in [0.717, 1.165) is 23.1 Å². The molecule has 2 aromatic rings. The topological polar surface area (TPSA) is 63.2 Å². The van der Waals surface area contributed by atoms with E-state index in [2.05, 4.69) is 15.6 Å². The zero-order valence-electron chi connectivity index (χ0n) is 12.0. The van der Waals surface area contributed by atoms with Crippen LogP contribution in [-0.2, 0) is 4.79 Å². The van der Waals surface area contributed by atoms with Crippen LogP contribution in [0.1, 0.15) is 6.42 Å². The Hall–Kier alpha value is -1.85. The van der Waals surface area contributed by atoms with Crippen LogP contribution in [0.25, 0.3) is 10.9 Å². The minimum atomic E-state index is -0.000623. The van der Waals surface area contributed by atoms with Crippen LogP contribution in [0.15, 0.2) is 36.5 Å². The molecule has 0 fully saturated rings. The van der Waals surface area contributed by atoms with Gasteiger partial charge in [-0.25, -0.2) is 0 Å². The summed E-state index contributed by atoms with van der Waals surface area (Å²) >= 11 is 0. The van der Waals surface area contributed by atoms with Crippen molar-refractivity contribution in [2.24, 2.45) is 0 Å². The Labute approximate surface area is 130 Å². The van der Waals surface area contributed by atoms with Gasteiger partial charge in [0.15, 0.2) is 0 Å².